The van der Waals surface area contributed by atoms with Gasteiger partial charge in [0, 0.05) is 6.07 Å². The number of hydrogen-bond donors (Lipinski definition) is 1. The maximum atomic E-state index is 13.2. The van der Waals surface area contributed by atoms with E-state index in [0.29, 0.717) is 25.9 Å². The van der Waals surface area contributed by atoms with Crippen molar-refractivity contribution in [1.29, 1.82) is 0 Å². The van der Waals surface area contributed by atoms with Crippen molar-refractivity contribution in [2.75, 3.05) is 5.32 Å². The average molecular weight is 353 g/mol. The van der Waals surface area contributed by atoms with Gasteiger partial charge in [-0.15, -0.1) is 11.3 Å². The van der Waals surface area contributed by atoms with Crippen molar-refractivity contribution in [2.45, 2.75) is 26.7 Å². The molecule has 8 heteroatoms. The van der Waals surface area contributed by atoms with Crippen molar-refractivity contribution in [3.05, 3.63) is 39.3 Å². The summed E-state index contributed by atoms with van der Waals surface area (Å²) in [4.78, 5) is 21.4. The Labute approximate surface area is 139 Å². The molecule has 2 aromatic heterocycles. The quantitative estimate of drug-likeness (QED) is 0.749. The third kappa shape index (κ3) is 3.23. The van der Waals surface area contributed by atoms with E-state index in [9.17, 15) is 13.6 Å². The second kappa shape index (κ2) is 6.29. The van der Waals surface area contributed by atoms with Gasteiger partial charge in [0.15, 0.2) is 16.8 Å². The summed E-state index contributed by atoms with van der Waals surface area (Å²) in [7, 11) is 0. The first-order valence-electron chi connectivity index (χ1n) is 7.01. The first-order valence-corrected chi connectivity index (χ1v) is 8.64. The number of thiazole rings is 2. The summed E-state index contributed by atoms with van der Waals surface area (Å²) in [5, 5.41) is 3.90. The van der Waals surface area contributed by atoms with E-state index in [0.717, 1.165) is 41.3 Å². The summed E-state index contributed by atoms with van der Waals surface area (Å²) in [5.74, 6) is -2.19. The van der Waals surface area contributed by atoms with Crippen LogP contribution >= 0.6 is 22.7 Å². The molecule has 0 fully saturated rings. The number of nitrogens with one attached hydrogen (secondary N) is 1. The molecule has 0 atom stereocenters. The zero-order valence-electron chi connectivity index (χ0n) is 12.4. The number of aromatic nitrogens is 2. The van der Waals surface area contributed by atoms with Crippen molar-refractivity contribution in [1.82, 2.24) is 9.97 Å². The Morgan fingerprint density at radius 2 is 1.96 bits per heavy atom. The molecule has 0 unspecified atom stereocenters. The van der Waals surface area contributed by atoms with Crippen molar-refractivity contribution in [2.24, 2.45) is 0 Å². The van der Waals surface area contributed by atoms with Gasteiger partial charge in [0.05, 0.1) is 20.9 Å². The van der Waals surface area contributed by atoms with Crippen LogP contribution in [0.2, 0.25) is 0 Å². The van der Waals surface area contributed by atoms with E-state index < -0.39 is 11.6 Å². The lowest BCUT2D eigenvalue weighted by Gasteiger charge is -1.98. The number of nitrogens with zero attached hydrogens (tertiary/aromatic N) is 2. The van der Waals surface area contributed by atoms with Crippen LogP contribution in [-0.2, 0) is 6.42 Å². The Hall–Kier alpha value is -1.93. The summed E-state index contributed by atoms with van der Waals surface area (Å²) in [6.07, 6.45) is 1.79. The molecule has 4 nitrogen and oxygen atoms in total. The number of halogens is 2. The second-order valence-electron chi connectivity index (χ2n) is 4.98. The van der Waals surface area contributed by atoms with Crippen molar-refractivity contribution < 1.29 is 13.6 Å². The van der Waals surface area contributed by atoms with Crippen LogP contribution in [0.4, 0.5) is 13.9 Å². The minimum atomic E-state index is -0.955. The van der Waals surface area contributed by atoms with E-state index in [-0.39, 0.29) is 5.91 Å². The predicted molar refractivity (Wildman–Crippen MR) is 88.3 cm³/mol. The normalized spacial score (nSPS) is 11.1. The van der Waals surface area contributed by atoms with Crippen molar-refractivity contribution in [3.8, 4) is 0 Å². The molecule has 0 aliphatic heterocycles. The number of benzene rings is 1. The van der Waals surface area contributed by atoms with E-state index >= 15 is 0 Å². The van der Waals surface area contributed by atoms with Crippen LogP contribution in [0.15, 0.2) is 12.1 Å². The van der Waals surface area contributed by atoms with Crippen LogP contribution in [0.1, 0.15) is 33.7 Å². The number of hydrogen-bond acceptors (Lipinski definition) is 5. The van der Waals surface area contributed by atoms with Crippen LogP contribution in [0.25, 0.3) is 10.2 Å². The first kappa shape index (κ1) is 15.9. The fourth-order valence-electron chi connectivity index (χ4n) is 2.11. The summed E-state index contributed by atoms with van der Waals surface area (Å²) in [5.41, 5.74) is 0.992. The fourth-order valence-corrected chi connectivity index (χ4v) is 4.04. The van der Waals surface area contributed by atoms with Gasteiger partial charge < -0.3 is 0 Å². The molecule has 3 aromatic rings. The molecule has 0 radical (unpaired) electrons. The van der Waals surface area contributed by atoms with Gasteiger partial charge in [-0.05, 0) is 25.8 Å². The first-order chi connectivity index (χ1) is 11.0. The number of rotatable bonds is 4. The van der Waals surface area contributed by atoms with E-state index in [1.54, 1.807) is 6.92 Å². The van der Waals surface area contributed by atoms with Gasteiger partial charge in [-0.3, -0.25) is 10.1 Å². The van der Waals surface area contributed by atoms with Gasteiger partial charge in [0.1, 0.15) is 4.88 Å². The largest absolute Gasteiger partial charge is 0.297 e. The number of amides is 1. The molecular weight excluding hydrogens is 340 g/mol. The molecular formula is C15H13F2N3OS2. The maximum absolute atomic E-state index is 13.2. The van der Waals surface area contributed by atoms with Gasteiger partial charge >= 0.3 is 0 Å². The van der Waals surface area contributed by atoms with Gasteiger partial charge in [-0.2, -0.15) is 0 Å². The molecule has 120 valence electrons. The summed E-state index contributed by atoms with van der Waals surface area (Å²) in [6, 6.07) is 2.10. The molecule has 3 rings (SSSR count). The van der Waals surface area contributed by atoms with E-state index in [1.165, 1.54) is 11.3 Å². The predicted octanol–water partition coefficient (Wildman–Crippen LogP) is 4.54. The highest BCUT2D eigenvalue weighted by Gasteiger charge is 2.17. The van der Waals surface area contributed by atoms with Crippen LogP contribution in [0, 0.1) is 18.6 Å². The van der Waals surface area contributed by atoms with Gasteiger partial charge in [0.2, 0.25) is 0 Å². The molecule has 23 heavy (non-hydrogen) atoms. The Bertz CT molecular complexity index is 849. The Balaban J connectivity index is 1.85. The highest BCUT2D eigenvalue weighted by atomic mass is 32.1. The van der Waals surface area contributed by atoms with Crippen LogP contribution in [0.5, 0.6) is 0 Å². The molecule has 0 saturated carbocycles. The minimum Gasteiger partial charge on any atom is -0.297 e. The monoisotopic (exact) mass is 353 g/mol. The molecule has 0 aliphatic rings. The highest BCUT2D eigenvalue weighted by Crippen LogP contribution is 2.29. The molecule has 1 N–H and O–H groups in total. The number of aryl methyl sites for hydroxylation is 2. The number of carbonyl (C=O) groups is 1. The molecule has 2 heterocycles. The summed E-state index contributed by atoms with van der Waals surface area (Å²) < 4.78 is 26.9. The Kier molecular flexibility index (Phi) is 4.36. The lowest BCUT2D eigenvalue weighted by Crippen LogP contribution is -2.11. The van der Waals surface area contributed by atoms with Gasteiger partial charge in [0.25, 0.3) is 5.91 Å². The molecule has 0 spiro atoms. The van der Waals surface area contributed by atoms with E-state index in [2.05, 4.69) is 22.2 Å². The number of fused-ring (bicyclic) bond motifs is 1. The smallest absolute Gasteiger partial charge is 0.269 e. The zero-order chi connectivity index (χ0) is 16.6. The van der Waals surface area contributed by atoms with Gasteiger partial charge in [-0.25, -0.2) is 18.7 Å². The standard InChI is InChI=1S/C15H13F2N3OS2/c1-3-4-12-18-7(2)13(23-12)14(21)20-15-19-10-5-8(16)9(17)6-11(10)22-15/h5-6H,3-4H2,1-2H3,(H,19,20,21). The maximum Gasteiger partial charge on any atom is 0.269 e. The zero-order valence-corrected chi connectivity index (χ0v) is 14.1. The third-order valence-electron chi connectivity index (χ3n) is 3.16. The Morgan fingerprint density at radius 1 is 1.22 bits per heavy atom. The molecule has 0 saturated heterocycles. The van der Waals surface area contributed by atoms with E-state index in [1.807, 2.05) is 0 Å². The third-order valence-corrected chi connectivity index (χ3v) is 5.31. The van der Waals surface area contributed by atoms with Crippen LogP contribution < -0.4 is 5.32 Å². The number of carbonyl (C=O) groups excluding carboxylic acids is 1. The SMILES string of the molecule is CCCc1nc(C)c(C(=O)Nc2nc3cc(F)c(F)cc3s2)s1. The topological polar surface area (TPSA) is 54.9 Å². The van der Waals surface area contributed by atoms with Crippen LogP contribution in [0.3, 0.4) is 0 Å². The second-order valence-corrected chi connectivity index (χ2v) is 7.09. The lowest BCUT2D eigenvalue weighted by molar-refractivity contribution is 0.103. The average Bonchev–Trinajstić information content (AvgIpc) is 3.03. The fraction of sp³-hybridized carbons (Fsp3) is 0.267. The molecule has 0 bridgehead atoms. The Morgan fingerprint density at radius 3 is 2.70 bits per heavy atom. The van der Waals surface area contributed by atoms with Crippen molar-refractivity contribution in [3.63, 3.8) is 0 Å². The summed E-state index contributed by atoms with van der Waals surface area (Å²) >= 11 is 2.46. The lowest BCUT2D eigenvalue weighted by atomic mass is 10.3. The van der Waals surface area contributed by atoms with Crippen LogP contribution in [-0.4, -0.2) is 15.9 Å². The van der Waals surface area contributed by atoms with Gasteiger partial charge in [-0.1, -0.05) is 18.3 Å². The summed E-state index contributed by atoms with van der Waals surface area (Å²) in [6.45, 7) is 3.84. The molecule has 0 aliphatic carbocycles. The van der Waals surface area contributed by atoms with E-state index in [4.69, 9.17) is 0 Å². The molecule has 1 aromatic carbocycles. The highest BCUT2D eigenvalue weighted by molar-refractivity contribution is 7.22. The van der Waals surface area contributed by atoms with Crippen molar-refractivity contribution >= 4 is 43.9 Å². The molecule has 1 amide bonds. The number of anilines is 1. The minimum absolute atomic E-state index is 0.303.